The molecule has 1 heterocycles. The van der Waals surface area contributed by atoms with Gasteiger partial charge in [-0.15, -0.1) is 10.9 Å². The molecule has 0 saturated carbocycles. The minimum absolute atomic E-state index is 0.902. The van der Waals surface area contributed by atoms with Crippen LogP contribution in [0.5, 0.6) is 5.75 Å². The first kappa shape index (κ1) is 12.4. The normalized spacial score (nSPS) is 10.8. The molecule has 0 aliphatic carbocycles. The van der Waals surface area contributed by atoms with E-state index in [1.165, 1.54) is 28.7 Å². The van der Waals surface area contributed by atoms with Crippen LogP contribution in [-0.2, 0) is 0 Å². The highest BCUT2D eigenvalue weighted by Crippen LogP contribution is 2.41. The Morgan fingerprint density at radius 1 is 0.895 bits per heavy atom. The van der Waals surface area contributed by atoms with E-state index in [0.29, 0.717) is 0 Å². The first-order valence-electron chi connectivity index (χ1n) is 6.03. The summed E-state index contributed by atoms with van der Waals surface area (Å²) in [6.07, 6.45) is 0. The maximum atomic E-state index is 5.19. The Balaban J connectivity index is 1.92. The summed E-state index contributed by atoms with van der Waals surface area (Å²) in [5.74, 6) is 0.902. The third-order valence-electron chi connectivity index (χ3n) is 2.95. The van der Waals surface area contributed by atoms with Gasteiger partial charge in [0, 0.05) is 10.2 Å². The van der Waals surface area contributed by atoms with Crippen molar-refractivity contribution in [2.24, 2.45) is 0 Å². The van der Waals surface area contributed by atoms with Gasteiger partial charge in [-0.1, -0.05) is 42.5 Å². The molecule has 0 amide bonds. The van der Waals surface area contributed by atoms with Gasteiger partial charge in [0.2, 0.25) is 0 Å². The summed E-state index contributed by atoms with van der Waals surface area (Å²) in [5, 5.41) is 1.35. The van der Waals surface area contributed by atoms with Gasteiger partial charge in [-0.05, 0) is 36.7 Å². The number of benzene rings is 2. The molecular weight excluding hydrogens is 271 g/mol. The van der Waals surface area contributed by atoms with E-state index in [0.717, 1.165) is 5.75 Å². The molecule has 0 bridgehead atoms. The second kappa shape index (κ2) is 5.56. The molecule has 0 unspecified atom stereocenters. The van der Waals surface area contributed by atoms with Gasteiger partial charge in [-0.25, -0.2) is 0 Å². The third-order valence-corrected chi connectivity index (χ3v) is 5.63. The maximum absolute atomic E-state index is 5.19. The Morgan fingerprint density at radius 3 is 2.32 bits per heavy atom. The van der Waals surface area contributed by atoms with Crippen molar-refractivity contribution < 1.29 is 4.74 Å². The minimum atomic E-state index is 0.902. The predicted octanol–water partition coefficient (Wildman–Crippen LogP) is 5.67. The van der Waals surface area contributed by atoms with Gasteiger partial charge in [-0.2, -0.15) is 0 Å². The highest BCUT2D eigenvalue weighted by molar-refractivity contribution is 7.83. The quantitative estimate of drug-likeness (QED) is 0.602. The van der Waals surface area contributed by atoms with Gasteiger partial charge in [-0.3, -0.25) is 0 Å². The van der Waals surface area contributed by atoms with Crippen molar-refractivity contribution >= 4 is 18.3 Å². The molecule has 19 heavy (non-hydrogen) atoms. The van der Waals surface area contributed by atoms with Crippen LogP contribution in [0.15, 0.2) is 60.7 Å². The maximum Gasteiger partial charge on any atom is 0.118 e. The number of rotatable bonds is 3. The van der Waals surface area contributed by atoms with Crippen molar-refractivity contribution in [2.45, 2.75) is 0 Å². The number of methoxy groups -OCH3 is 1. The van der Waals surface area contributed by atoms with Crippen LogP contribution >= 0.6 is 18.3 Å². The molecule has 0 spiro atoms. The van der Waals surface area contributed by atoms with Crippen molar-refractivity contribution in [2.75, 3.05) is 7.11 Å². The molecule has 0 radical (unpaired) electrons. The summed E-state index contributed by atoms with van der Waals surface area (Å²) < 4.78 is 5.19. The lowest BCUT2D eigenvalue weighted by Gasteiger charge is -2.00. The van der Waals surface area contributed by atoms with Gasteiger partial charge in [0.25, 0.3) is 0 Å². The fourth-order valence-corrected chi connectivity index (χ4v) is 4.58. The molecule has 0 N–H and O–H groups in total. The zero-order chi connectivity index (χ0) is 13.1. The Kier molecular flexibility index (Phi) is 3.63. The predicted molar refractivity (Wildman–Crippen MR) is 84.3 cm³/mol. The Labute approximate surface area is 118 Å². The Hall–Kier alpha value is -1.63. The molecule has 0 atom stereocenters. The summed E-state index contributed by atoms with van der Waals surface area (Å²) in [6, 6.07) is 21.1. The summed E-state index contributed by atoms with van der Waals surface area (Å²) >= 11 is 0. The average molecular weight is 284 g/mol. The minimum Gasteiger partial charge on any atom is -0.497 e. The zero-order valence-electron chi connectivity index (χ0n) is 10.5. The smallest absolute Gasteiger partial charge is 0.118 e. The van der Waals surface area contributed by atoms with E-state index >= 15 is 0 Å². The fraction of sp³-hybridized carbons (Fsp3) is 0.0625. The monoisotopic (exact) mass is 284 g/mol. The SMILES string of the molecule is COc1ccc(-c2cc(-c3ccccc3)sp2)cc1. The second-order valence-corrected chi connectivity index (χ2v) is 6.55. The Bertz CT molecular complexity index is 659. The molecule has 0 aliphatic rings. The molecule has 3 rings (SSSR count). The number of hydrogen-bond donors (Lipinski definition) is 0. The molecule has 0 saturated heterocycles. The number of ether oxygens (including phenoxy) is 1. The highest BCUT2D eigenvalue weighted by atomic mass is 32.5. The average Bonchev–Trinajstić information content (AvgIpc) is 2.98. The highest BCUT2D eigenvalue weighted by Gasteiger charge is 2.05. The first-order chi connectivity index (χ1) is 9.36. The van der Waals surface area contributed by atoms with E-state index in [-0.39, 0.29) is 0 Å². The van der Waals surface area contributed by atoms with E-state index in [9.17, 15) is 0 Å². The third kappa shape index (κ3) is 2.70. The van der Waals surface area contributed by atoms with E-state index < -0.39 is 0 Å². The fourth-order valence-electron chi connectivity index (χ4n) is 1.91. The van der Waals surface area contributed by atoms with Gasteiger partial charge in [0.05, 0.1) is 7.11 Å². The van der Waals surface area contributed by atoms with Crippen molar-refractivity contribution in [3.8, 4) is 27.0 Å². The first-order valence-corrected chi connectivity index (χ1v) is 8.35. The van der Waals surface area contributed by atoms with Crippen LogP contribution in [0.1, 0.15) is 0 Å². The molecule has 0 fully saturated rings. The van der Waals surface area contributed by atoms with Gasteiger partial charge in [0.1, 0.15) is 5.75 Å². The van der Waals surface area contributed by atoms with Crippen LogP contribution in [-0.4, -0.2) is 7.11 Å². The van der Waals surface area contributed by atoms with Crippen molar-refractivity contribution in [3.63, 3.8) is 0 Å². The van der Waals surface area contributed by atoms with Crippen molar-refractivity contribution in [1.29, 1.82) is 0 Å². The van der Waals surface area contributed by atoms with E-state index in [1.54, 1.807) is 7.11 Å². The standard InChI is InChI=1S/C16H13OPS/c1-17-14-9-7-12(8-10-14)15-11-16(19-18-15)13-5-3-2-4-6-13/h2-11H,1H3. The van der Waals surface area contributed by atoms with Crippen LogP contribution < -0.4 is 4.74 Å². The molecule has 1 nitrogen and oxygen atoms in total. The molecule has 0 aliphatic heterocycles. The largest absolute Gasteiger partial charge is 0.497 e. The summed E-state index contributed by atoms with van der Waals surface area (Å²) in [7, 11) is 4.86. The molecule has 3 heteroatoms. The summed E-state index contributed by atoms with van der Waals surface area (Å²) in [5.41, 5.74) is 2.56. The van der Waals surface area contributed by atoms with Crippen molar-refractivity contribution in [1.82, 2.24) is 0 Å². The van der Waals surface area contributed by atoms with Crippen molar-refractivity contribution in [3.05, 3.63) is 60.7 Å². The topological polar surface area (TPSA) is 9.23 Å². The lowest BCUT2D eigenvalue weighted by molar-refractivity contribution is 0.415. The molecular formula is C16H13OPS. The summed E-state index contributed by atoms with van der Waals surface area (Å²) in [6.45, 7) is 0. The van der Waals surface area contributed by atoms with Gasteiger partial charge in [0.15, 0.2) is 0 Å². The second-order valence-electron chi connectivity index (χ2n) is 4.17. The van der Waals surface area contributed by atoms with Crippen LogP contribution in [0.3, 0.4) is 0 Å². The molecule has 2 aromatic carbocycles. The van der Waals surface area contributed by atoms with Gasteiger partial charge >= 0.3 is 0 Å². The van der Waals surface area contributed by atoms with E-state index in [1.807, 2.05) is 23.1 Å². The molecule has 1 aromatic heterocycles. The van der Waals surface area contributed by atoms with Crippen LogP contribution in [0.25, 0.3) is 21.3 Å². The Morgan fingerprint density at radius 2 is 1.63 bits per heavy atom. The van der Waals surface area contributed by atoms with E-state index in [2.05, 4.69) is 48.5 Å². The van der Waals surface area contributed by atoms with Gasteiger partial charge < -0.3 is 4.74 Å². The summed E-state index contributed by atoms with van der Waals surface area (Å²) in [4.78, 5) is 1.34. The zero-order valence-corrected chi connectivity index (χ0v) is 12.2. The van der Waals surface area contributed by atoms with Crippen LogP contribution in [0.4, 0.5) is 0 Å². The molecule has 94 valence electrons. The number of hydrogen-bond acceptors (Lipinski definition) is 2. The molecule has 3 aromatic rings. The van der Waals surface area contributed by atoms with E-state index in [4.69, 9.17) is 4.74 Å². The lowest BCUT2D eigenvalue weighted by Crippen LogP contribution is -1.81. The van der Waals surface area contributed by atoms with Crippen LogP contribution in [0.2, 0.25) is 0 Å². The van der Waals surface area contributed by atoms with Crippen LogP contribution in [0, 0.1) is 0 Å². The lowest BCUT2D eigenvalue weighted by atomic mass is 10.1.